The fourth-order valence-electron chi connectivity index (χ4n) is 11.2. The zero-order chi connectivity index (χ0) is 42.2. The van der Waals surface area contributed by atoms with Gasteiger partial charge in [-0.05, 0) is 129 Å². The molecule has 6 heterocycles. The number of hydrogen-bond donors (Lipinski definition) is 1. The predicted molar refractivity (Wildman–Crippen MR) is 244 cm³/mol. The molecule has 5 aliphatic rings. The SMILES string of the molecule is COc1ccc2c(c1)c(CCNC(=O)c1ccc(C(=O)[O-])c(C3=c4cc5c6c(c4Oc4c3cc3c7c4CCCN7CCC3)CCC[N+]=6CCC5)c1)c(C)n2Cc1ccc(Br)cc1. The Kier molecular flexibility index (Phi) is 9.74. The Morgan fingerprint density at radius 3 is 2.44 bits per heavy atom. The number of carboxylic acid groups (broad SMARTS) is 1. The van der Waals surface area contributed by atoms with E-state index < -0.39 is 5.97 Å². The van der Waals surface area contributed by atoms with E-state index >= 15 is 0 Å². The highest BCUT2D eigenvalue weighted by Crippen LogP contribution is 2.49. The third-order valence-corrected chi connectivity index (χ3v) is 14.6. The highest BCUT2D eigenvalue weighted by molar-refractivity contribution is 9.10. The lowest BCUT2D eigenvalue weighted by molar-refractivity contribution is -0.255. The molecule has 10 heteroatoms. The zero-order valence-corrected chi connectivity index (χ0v) is 36.9. The maximum absolute atomic E-state index is 14.3. The number of ether oxygens (including phenoxy) is 2. The minimum atomic E-state index is -1.27. The molecule has 0 unspecified atom stereocenters. The number of carbonyl (C=O) groups excluding carboxylic acids is 2. The standard InChI is InChI=1S/C52H49BrN4O5/c1-30-37(41-28-36(61-2)16-18-45(41)57(30)29-31-11-14-35(53)15-12-31)19-20-54-51(58)34-13-17-38(52(59)60)42(27-34)46-43-25-32-7-3-21-55-23-5-9-39(47(32)55)49(43)62-50-40-10-6-24-56-22-4-8-33(48(40)56)26-44(46)50/h11-18,25-28H,3-10,19-24,29H2,1-2H3,(H-,54,58,59,60). The molecule has 0 saturated heterocycles. The molecule has 1 N–H and O–H groups in total. The summed E-state index contributed by atoms with van der Waals surface area (Å²) < 4.78 is 18.7. The van der Waals surface area contributed by atoms with Crippen molar-refractivity contribution in [2.45, 2.75) is 71.3 Å². The fraction of sp³-hybridized carbons (Fsp3) is 0.327. The molecule has 62 heavy (non-hydrogen) atoms. The number of benzene rings is 5. The maximum atomic E-state index is 14.3. The Labute approximate surface area is 369 Å². The molecule has 0 aliphatic carbocycles. The summed E-state index contributed by atoms with van der Waals surface area (Å²) in [7, 11) is 1.68. The smallest absolute Gasteiger partial charge is 0.251 e. The monoisotopic (exact) mass is 888 g/mol. The highest BCUT2D eigenvalue weighted by Gasteiger charge is 2.36. The lowest BCUT2D eigenvalue weighted by atomic mass is 9.81. The van der Waals surface area contributed by atoms with Crippen LogP contribution in [-0.2, 0) is 38.6 Å². The van der Waals surface area contributed by atoms with Crippen molar-refractivity contribution in [3.8, 4) is 17.2 Å². The summed E-state index contributed by atoms with van der Waals surface area (Å²) in [6.45, 7) is 7.38. The molecule has 0 radical (unpaired) electrons. The number of carboxylic acids is 1. The maximum Gasteiger partial charge on any atom is 0.251 e. The van der Waals surface area contributed by atoms with Crippen LogP contribution in [0.15, 0.2) is 77.3 Å². The highest BCUT2D eigenvalue weighted by atomic mass is 79.9. The van der Waals surface area contributed by atoms with Crippen molar-refractivity contribution < 1.29 is 24.2 Å². The van der Waals surface area contributed by atoms with Gasteiger partial charge in [0.15, 0.2) is 0 Å². The molecule has 11 rings (SSSR count). The van der Waals surface area contributed by atoms with Crippen LogP contribution in [0.1, 0.15) is 96.6 Å². The van der Waals surface area contributed by atoms with Crippen molar-refractivity contribution in [2.75, 3.05) is 44.7 Å². The van der Waals surface area contributed by atoms with Crippen molar-refractivity contribution >= 4 is 50.0 Å². The second kappa shape index (κ2) is 15.5. The first-order chi connectivity index (χ1) is 30.2. The Morgan fingerprint density at radius 2 is 1.63 bits per heavy atom. The Bertz CT molecular complexity index is 3020. The van der Waals surface area contributed by atoms with Gasteiger partial charge in [-0.2, -0.15) is 0 Å². The van der Waals surface area contributed by atoms with Crippen molar-refractivity contribution in [1.29, 1.82) is 0 Å². The normalized spacial score (nSPS) is 16.0. The molecule has 6 aromatic rings. The van der Waals surface area contributed by atoms with E-state index in [0.717, 1.165) is 138 Å². The minimum Gasteiger partial charge on any atom is -0.545 e. The number of rotatable bonds is 9. The molecule has 5 aliphatic heterocycles. The van der Waals surface area contributed by atoms with Crippen LogP contribution in [0.3, 0.4) is 0 Å². The van der Waals surface area contributed by atoms with E-state index in [0.29, 0.717) is 30.6 Å². The van der Waals surface area contributed by atoms with E-state index in [9.17, 15) is 14.7 Å². The van der Waals surface area contributed by atoms with Crippen LogP contribution in [0.4, 0.5) is 5.69 Å². The summed E-state index contributed by atoms with van der Waals surface area (Å²) in [6, 6.07) is 24.0. The van der Waals surface area contributed by atoms with Gasteiger partial charge in [0.05, 0.1) is 18.6 Å². The van der Waals surface area contributed by atoms with Gasteiger partial charge in [0.1, 0.15) is 30.3 Å². The number of halogens is 1. The first kappa shape index (κ1) is 39.0. The molecule has 9 nitrogen and oxygen atoms in total. The van der Waals surface area contributed by atoms with Crippen LogP contribution in [0.2, 0.25) is 0 Å². The van der Waals surface area contributed by atoms with Gasteiger partial charge in [0, 0.05) is 104 Å². The van der Waals surface area contributed by atoms with E-state index in [2.05, 4.69) is 90.7 Å². The molecular formula is C52H49BrN4O5. The molecule has 0 saturated carbocycles. The first-order valence-corrected chi connectivity index (χ1v) is 23.0. The van der Waals surface area contributed by atoms with Crippen molar-refractivity contribution in [3.05, 3.63) is 149 Å². The van der Waals surface area contributed by atoms with E-state index in [-0.39, 0.29) is 11.5 Å². The molecule has 0 spiro atoms. The largest absolute Gasteiger partial charge is 0.545 e. The number of nitrogens with one attached hydrogen (secondary N) is 1. The van der Waals surface area contributed by atoms with E-state index in [1.807, 2.05) is 6.07 Å². The van der Waals surface area contributed by atoms with Crippen molar-refractivity contribution in [3.63, 3.8) is 0 Å². The summed E-state index contributed by atoms with van der Waals surface area (Å²) in [5.41, 5.74) is 13.6. The van der Waals surface area contributed by atoms with Crippen LogP contribution in [-0.4, -0.2) is 56.3 Å². The molecule has 5 aromatic carbocycles. The van der Waals surface area contributed by atoms with Crippen LogP contribution in [0.5, 0.6) is 17.2 Å². The molecule has 314 valence electrons. The van der Waals surface area contributed by atoms with Crippen LogP contribution in [0, 0.1) is 6.92 Å². The predicted octanol–water partition coefficient (Wildman–Crippen LogP) is 6.54. The Balaban J connectivity index is 1.00. The van der Waals surface area contributed by atoms with Gasteiger partial charge in [0.25, 0.3) is 5.91 Å². The quantitative estimate of drug-likeness (QED) is 0.166. The van der Waals surface area contributed by atoms with Crippen LogP contribution < -0.4 is 39.9 Å². The molecule has 1 aromatic heterocycles. The average molecular weight is 890 g/mol. The van der Waals surface area contributed by atoms with Crippen LogP contribution in [0.25, 0.3) is 16.5 Å². The minimum absolute atomic E-state index is 0.0690. The van der Waals surface area contributed by atoms with Crippen LogP contribution >= 0.6 is 15.9 Å². The number of aryl methyl sites for hydroxylation is 2. The average Bonchev–Trinajstić information content (AvgIpc) is 3.54. The number of hydrogen-bond acceptors (Lipinski definition) is 6. The number of carbonyl (C=O) groups is 2. The number of anilines is 1. The summed E-state index contributed by atoms with van der Waals surface area (Å²) in [5.74, 6) is 0.933. The third-order valence-electron chi connectivity index (χ3n) is 14.0. The number of amides is 1. The molecule has 0 bridgehead atoms. The molecular weight excluding hydrogens is 840 g/mol. The molecule has 0 fully saturated rings. The Hall–Kier alpha value is -5.87. The number of fused-ring (bicyclic) bond motifs is 5. The number of aromatic nitrogens is 1. The third kappa shape index (κ3) is 6.43. The van der Waals surface area contributed by atoms with Gasteiger partial charge in [0.2, 0.25) is 5.36 Å². The lowest BCUT2D eigenvalue weighted by Gasteiger charge is -2.39. The van der Waals surface area contributed by atoms with E-state index in [1.165, 1.54) is 38.9 Å². The van der Waals surface area contributed by atoms with E-state index in [1.54, 1.807) is 25.3 Å². The van der Waals surface area contributed by atoms with Gasteiger partial charge in [-0.25, -0.2) is 4.58 Å². The van der Waals surface area contributed by atoms with Gasteiger partial charge < -0.3 is 34.2 Å². The number of nitrogens with zero attached hydrogens (tertiary/aromatic N) is 3. The van der Waals surface area contributed by atoms with Gasteiger partial charge in [-0.1, -0.05) is 34.1 Å². The fourth-order valence-corrected chi connectivity index (χ4v) is 11.5. The van der Waals surface area contributed by atoms with E-state index in [4.69, 9.17) is 9.47 Å². The topological polar surface area (TPSA) is 98.9 Å². The summed E-state index contributed by atoms with van der Waals surface area (Å²) in [6.07, 6.45) is 8.56. The summed E-state index contributed by atoms with van der Waals surface area (Å²) in [5, 5.41) is 19.7. The second-order valence-corrected chi connectivity index (χ2v) is 18.5. The van der Waals surface area contributed by atoms with Gasteiger partial charge in [-0.15, -0.1) is 0 Å². The lowest BCUT2D eigenvalue weighted by Crippen LogP contribution is -2.45. The number of aromatic carboxylic acids is 1. The van der Waals surface area contributed by atoms with Crippen molar-refractivity contribution in [1.82, 2.24) is 14.5 Å². The summed E-state index contributed by atoms with van der Waals surface area (Å²) in [4.78, 5) is 30.0. The number of methoxy groups -OCH3 is 1. The zero-order valence-electron chi connectivity index (χ0n) is 35.3. The Morgan fingerprint density at radius 1 is 0.855 bits per heavy atom. The summed E-state index contributed by atoms with van der Waals surface area (Å²) >= 11 is 3.56. The van der Waals surface area contributed by atoms with Gasteiger partial charge >= 0.3 is 0 Å². The first-order valence-electron chi connectivity index (χ1n) is 22.2. The molecule has 0 atom stereocenters. The van der Waals surface area contributed by atoms with Gasteiger partial charge in [-0.3, -0.25) is 4.79 Å². The molecule has 1 amide bonds. The second-order valence-electron chi connectivity index (χ2n) is 17.6. The van der Waals surface area contributed by atoms with Crippen molar-refractivity contribution in [2.24, 2.45) is 0 Å².